The summed E-state index contributed by atoms with van der Waals surface area (Å²) in [5.74, 6) is -0.163. The van der Waals surface area contributed by atoms with E-state index in [1.54, 1.807) is 12.1 Å². The summed E-state index contributed by atoms with van der Waals surface area (Å²) in [6.07, 6.45) is 2.34. The van der Waals surface area contributed by atoms with E-state index in [-0.39, 0.29) is 17.7 Å². The van der Waals surface area contributed by atoms with E-state index in [1.165, 1.54) is 31.1 Å². The summed E-state index contributed by atoms with van der Waals surface area (Å²) in [5, 5.41) is 3.74. The van der Waals surface area contributed by atoms with Crippen molar-refractivity contribution in [3.8, 4) is 0 Å². The molecule has 1 aromatic carbocycles. The highest BCUT2D eigenvalue weighted by atomic mass is 35.5. The Bertz CT molecular complexity index is 768. The van der Waals surface area contributed by atoms with Crippen molar-refractivity contribution >= 4 is 34.6 Å². The summed E-state index contributed by atoms with van der Waals surface area (Å²) in [5.41, 5.74) is 1.04. The molecule has 3 rings (SSSR count). The summed E-state index contributed by atoms with van der Waals surface area (Å²) in [6.45, 7) is 4.03. The Labute approximate surface area is 156 Å². The number of hydrogen-bond acceptors (Lipinski definition) is 4. The van der Waals surface area contributed by atoms with Crippen LogP contribution in [0.25, 0.3) is 0 Å². The van der Waals surface area contributed by atoms with E-state index in [4.69, 9.17) is 11.6 Å². The van der Waals surface area contributed by atoms with Gasteiger partial charge in [-0.15, -0.1) is 11.3 Å². The molecule has 1 aliphatic rings. The highest BCUT2D eigenvalue weighted by Crippen LogP contribution is 2.30. The second kappa shape index (κ2) is 8.13. The van der Waals surface area contributed by atoms with E-state index in [1.807, 2.05) is 24.3 Å². The van der Waals surface area contributed by atoms with Gasteiger partial charge in [-0.05, 0) is 56.6 Å². The molecule has 2 heterocycles. The van der Waals surface area contributed by atoms with Crippen LogP contribution in [-0.2, 0) is 0 Å². The van der Waals surface area contributed by atoms with Gasteiger partial charge in [0.15, 0.2) is 5.78 Å². The number of thiophene rings is 1. The summed E-state index contributed by atoms with van der Waals surface area (Å²) in [4.78, 5) is 27.4. The lowest BCUT2D eigenvalue weighted by atomic mass is 10.1. The van der Waals surface area contributed by atoms with Gasteiger partial charge in [0, 0.05) is 11.6 Å². The van der Waals surface area contributed by atoms with Gasteiger partial charge in [-0.25, -0.2) is 0 Å². The molecule has 1 N–H and O–H groups in total. The van der Waals surface area contributed by atoms with Crippen LogP contribution in [0.3, 0.4) is 0 Å². The molecule has 1 aliphatic heterocycles. The van der Waals surface area contributed by atoms with Crippen LogP contribution >= 0.6 is 22.9 Å². The molecule has 25 heavy (non-hydrogen) atoms. The Morgan fingerprint density at radius 1 is 1.16 bits per heavy atom. The van der Waals surface area contributed by atoms with Gasteiger partial charge < -0.3 is 5.32 Å². The number of hydrogen-bond donors (Lipinski definition) is 1. The quantitative estimate of drug-likeness (QED) is 0.770. The van der Waals surface area contributed by atoms with Crippen LogP contribution in [-0.4, -0.2) is 36.2 Å². The molecule has 0 radical (unpaired) electrons. The molecule has 1 saturated heterocycles. The maximum Gasteiger partial charge on any atom is 0.261 e. The molecule has 1 atom stereocenters. The maximum atomic E-state index is 12.5. The van der Waals surface area contributed by atoms with E-state index in [0.29, 0.717) is 16.3 Å². The normalized spacial score (nSPS) is 15.9. The number of rotatable bonds is 6. The number of Topliss-reactive ketones (excluding diaryl/α,β-unsaturated/α-hetero) is 1. The Kier molecular flexibility index (Phi) is 5.89. The maximum absolute atomic E-state index is 12.5. The number of nitrogens with one attached hydrogen (secondary N) is 1. The van der Waals surface area contributed by atoms with Crippen LogP contribution in [0.2, 0.25) is 5.02 Å². The predicted molar refractivity (Wildman–Crippen MR) is 102 cm³/mol. The number of carbonyl (C=O) groups excluding carboxylic acids is 2. The molecule has 6 heteroatoms. The first-order valence-electron chi connectivity index (χ1n) is 8.43. The first kappa shape index (κ1) is 18.1. The van der Waals surface area contributed by atoms with Gasteiger partial charge in [0.1, 0.15) is 0 Å². The van der Waals surface area contributed by atoms with Gasteiger partial charge >= 0.3 is 0 Å². The summed E-state index contributed by atoms with van der Waals surface area (Å²) in [7, 11) is 0. The molecule has 4 nitrogen and oxygen atoms in total. The van der Waals surface area contributed by atoms with Gasteiger partial charge in [-0.2, -0.15) is 0 Å². The Hall–Kier alpha value is -1.69. The van der Waals surface area contributed by atoms with Crippen LogP contribution < -0.4 is 5.32 Å². The smallest absolute Gasteiger partial charge is 0.261 e. The topological polar surface area (TPSA) is 49.4 Å². The van der Waals surface area contributed by atoms with E-state index < -0.39 is 0 Å². The van der Waals surface area contributed by atoms with Crippen molar-refractivity contribution in [3.05, 3.63) is 56.7 Å². The fraction of sp³-hybridized carbons (Fsp3) is 0.368. The number of ketones is 1. The third-order valence-corrected chi connectivity index (χ3v) is 6.01. The van der Waals surface area contributed by atoms with Crippen molar-refractivity contribution in [2.75, 3.05) is 19.6 Å². The highest BCUT2D eigenvalue weighted by molar-refractivity contribution is 7.15. The molecular weight excluding hydrogens is 356 g/mol. The first-order valence-corrected chi connectivity index (χ1v) is 9.63. The molecular formula is C19H21ClN2O2S. The van der Waals surface area contributed by atoms with Crippen molar-refractivity contribution in [1.82, 2.24) is 10.2 Å². The minimum absolute atomic E-state index is 0.0185. The first-order chi connectivity index (χ1) is 12.1. The minimum Gasteiger partial charge on any atom is -0.349 e. The third-order valence-electron chi connectivity index (χ3n) is 4.48. The van der Waals surface area contributed by atoms with E-state index in [2.05, 4.69) is 10.2 Å². The van der Waals surface area contributed by atoms with Gasteiger partial charge in [0.25, 0.3) is 5.91 Å². The van der Waals surface area contributed by atoms with E-state index >= 15 is 0 Å². The molecule has 0 spiro atoms. The SMILES string of the molecule is CC(=O)c1ccc(C(=O)NCC(c2ccccc2Cl)N2CCCC2)s1. The van der Waals surface area contributed by atoms with Crippen molar-refractivity contribution in [1.29, 1.82) is 0 Å². The summed E-state index contributed by atoms with van der Waals surface area (Å²) in [6, 6.07) is 11.3. The fourth-order valence-corrected chi connectivity index (χ4v) is 4.24. The van der Waals surface area contributed by atoms with Crippen molar-refractivity contribution in [3.63, 3.8) is 0 Å². The Balaban J connectivity index is 1.73. The monoisotopic (exact) mass is 376 g/mol. The van der Waals surface area contributed by atoms with Crippen LogP contribution in [0.4, 0.5) is 0 Å². The molecule has 2 aromatic rings. The van der Waals surface area contributed by atoms with Crippen molar-refractivity contribution in [2.45, 2.75) is 25.8 Å². The van der Waals surface area contributed by atoms with Crippen molar-refractivity contribution < 1.29 is 9.59 Å². The largest absolute Gasteiger partial charge is 0.349 e. The average molecular weight is 377 g/mol. The number of nitrogens with zero attached hydrogens (tertiary/aromatic N) is 1. The molecule has 132 valence electrons. The zero-order valence-corrected chi connectivity index (χ0v) is 15.7. The average Bonchev–Trinajstić information content (AvgIpc) is 3.28. The second-order valence-electron chi connectivity index (χ2n) is 6.21. The zero-order chi connectivity index (χ0) is 17.8. The Morgan fingerprint density at radius 3 is 2.48 bits per heavy atom. The molecule has 0 aliphatic carbocycles. The summed E-state index contributed by atoms with van der Waals surface area (Å²) < 4.78 is 0. The number of benzene rings is 1. The van der Waals surface area contributed by atoms with Crippen molar-refractivity contribution in [2.24, 2.45) is 0 Å². The van der Waals surface area contributed by atoms with E-state index in [0.717, 1.165) is 23.7 Å². The lowest BCUT2D eigenvalue weighted by Gasteiger charge is -2.28. The molecule has 0 bridgehead atoms. The van der Waals surface area contributed by atoms with Gasteiger partial charge in [0.05, 0.1) is 15.8 Å². The zero-order valence-electron chi connectivity index (χ0n) is 14.1. The molecule has 1 unspecified atom stereocenters. The Morgan fingerprint density at radius 2 is 1.84 bits per heavy atom. The standard InChI is InChI=1S/C19H21ClN2O2S/c1-13(23)17-8-9-18(25-17)19(24)21-12-16(22-10-4-5-11-22)14-6-2-3-7-15(14)20/h2-3,6-9,16H,4-5,10-12H2,1H3,(H,21,24). The number of carbonyl (C=O) groups is 2. The van der Waals surface area contributed by atoms with Gasteiger partial charge in [-0.3, -0.25) is 14.5 Å². The number of likely N-dealkylation sites (tertiary alicyclic amines) is 1. The number of amides is 1. The van der Waals surface area contributed by atoms with Crippen LogP contribution in [0.15, 0.2) is 36.4 Å². The van der Waals surface area contributed by atoms with E-state index in [9.17, 15) is 9.59 Å². The van der Waals surface area contributed by atoms with Crippen LogP contribution in [0, 0.1) is 0 Å². The molecule has 0 saturated carbocycles. The molecule has 1 fully saturated rings. The predicted octanol–water partition coefficient (Wildman–Crippen LogP) is 4.17. The second-order valence-corrected chi connectivity index (χ2v) is 7.70. The fourth-order valence-electron chi connectivity index (χ4n) is 3.16. The minimum atomic E-state index is -0.145. The highest BCUT2D eigenvalue weighted by Gasteiger charge is 2.25. The molecule has 1 aromatic heterocycles. The van der Waals surface area contributed by atoms with Crippen LogP contribution in [0.1, 0.15) is 50.7 Å². The molecule has 1 amide bonds. The third kappa shape index (κ3) is 4.29. The summed E-state index contributed by atoms with van der Waals surface area (Å²) >= 11 is 7.62. The van der Waals surface area contributed by atoms with Gasteiger partial charge in [0.2, 0.25) is 0 Å². The van der Waals surface area contributed by atoms with Gasteiger partial charge in [-0.1, -0.05) is 29.8 Å². The lowest BCUT2D eigenvalue weighted by molar-refractivity contribution is 0.0941. The van der Waals surface area contributed by atoms with Crippen LogP contribution in [0.5, 0.6) is 0 Å². The number of halogens is 1. The lowest BCUT2D eigenvalue weighted by Crippen LogP contribution is -2.36.